The molecule has 56 valence electrons. The Kier molecular flexibility index (Phi) is 2.01. The van der Waals surface area contributed by atoms with E-state index >= 15 is 0 Å². The van der Waals surface area contributed by atoms with Crippen molar-refractivity contribution >= 4 is 5.91 Å². The van der Waals surface area contributed by atoms with Gasteiger partial charge >= 0.3 is 0 Å². The van der Waals surface area contributed by atoms with Gasteiger partial charge in [-0.15, -0.1) is 0 Å². The number of halogens is 1. The third-order valence-electron chi connectivity index (χ3n) is 1.27. The maximum Gasteiger partial charge on any atom is 0.283 e. The van der Waals surface area contributed by atoms with Crippen LogP contribution in [0.4, 0.5) is 4.39 Å². The van der Waals surface area contributed by atoms with Crippen molar-refractivity contribution in [1.29, 1.82) is 0 Å². The van der Waals surface area contributed by atoms with E-state index in [4.69, 9.17) is 4.74 Å². The fourth-order valence-corrected chi connectivity index (χ4v) is 0.746. The predicted octanol–water partition coefficient (Wildman–Crippen LogP) is 0.286. The molecule has 0 unspecified atom stereocenters. The second-order valence-corrected chi connectivity index (χ2v) is 2.01. The molecular weight excluding hydrogens is 137 g/mol. The zero-order valence-electron chi connectivity index (χ0n) is 5.47. The lowest BCUT2D eigenvalue weighted by molar-refractivity contribution is -0.129. The second-order valence-electron chi connectivity index (χ2n) is 2.01. The highest BCUT2D eigenvalue weighted by atomic mass is 19.1. The lowest BCUT2D eigenvalue weighted by atomic mass is 10.5. The lowest BCUT2D eigenvalue weighted by Crippen LogP contribution is -2.28. The van der Waals surface area contributed by atoms with Crippen molar-refractivity contribution in [2.75, 3.05) is 19.9 Å². The van der Waals surface area contributed by atoms with Gasteiger partial charge in [-0.05, 0) is 0 Å². The molecule has 0 spiro atoms. The van der Waals surface area contributed by atoms with Crippen LogP contribution in [0.15, 0.2) is 12.4 Å². The number of carbonyl (C=O) groups is 1. The van der Waals surface area contributed by atoms with E-state index in [0.717, 1.165) is 0 Å². The zero-order chi connectivity index (χ0) is 7.56. The molecule has 1 aliphatic rings. The number of ether oxygens (including phenoxy) is 1. The van der Waals surface area contributed by atoms with Gasteiger partial charge in [0.1, 0.15) is 6.73 Å². The van der Waals surface area contributed by atoms with Crippen molar-refractivity contribution in [2.45, 2.75) is 0 Å². The molecule has 1 aliphatic heterocycles. The van der Waals surface area contributed by atoms with Crippen LogP contribution < -0.4 is 0 Å². The van der Waals surface area contributed by atoms with Gasteiger partial charge < -0.3 is 9.64 Å². The average Bonchev–Trinajstić information content (AvgIpc) is 2.36. The zero-order valence-corrected chi connectivity index (χ0v) is 5.47. The Balaban J connectivity index is 2.48. The van der Waals surface area contributed by atoms with Crippen LogP contribution in [-0.4, -0.2) is 30.7 Å². The summed E-state index contributed by atoms with van der Waals surface area (Å²) in [7, 11) is 0. The molecule has 1 saturated heterocycles. The molecule has 0 saturated carbocycles. The number of carbonyl (C=O) groups excluding carboxylic acids is 1. The number of hydrogen-bond acceptors (Lipinski definition) is 2. The molecule has 0 radical (unpaired) electrons. The Morgan fingerprint density at radius 2 is 2.40 bits per heavy atom. The summed E-state index contributed by atoms with van der Waals surface area (Å²) in [6.45, 7) is 4.01. The first-order valence-corrected chi connectivity index (χ1v) is 2.93. The first-order chi connectivity index (χ1) is 4.72. The summed E-state index contributed by atoms with van der Waals surface area (Å²) in [6, 6.07) is 0. The average molecular weight is 145 g/mol. The van der Waals surface area contributed by atoms with Crippen molar-refractivity contribution in [3.8, 4) is 0 Å². The van der Waals surface area contributed by atoms with Gasteiger partial charge in [-0.25, -0.2) is 4.39 Å². The Bertz CT molecular complexity index is 163. The Labute approximate surface area is 58.1 Å². The van der Waals surface area contributed by atoms with Crippen molar-refractivity contribution in [3.63, 3.8) is 0 Å². The van der Waals surface area contributed by atoms with Crippen molar-refractivity contribution in [1.82, 2.24) is 4.90 Å². The van der Waals surface area contributed by atoms with Gasteiger partial charge in [0.05, 0.1) is 6.61 Å². The van der Waals surface area contributed by atoms with E-state index in [1.165, 1.54) is 4.90 Å². The number of hydrogen-bond donors (Lipinski definition) is 0. The van der Waals surface area contributed by atoms with Crippen LogP contribution in [0.25, 0.3) is 0 Å². The van der Waals surface area contributed by atoms with Crippen LogP contribution in [0.5, 0.6) is 0 Å². The normalized spacial score (nSPS) is 17.5. The summed E-state index contributed by atoms with van der Waals surface area (Å²) in [6.07, 6.45) is 0. The number of amides is 1. The topological polar surface area (TPSA) is 29.5 Å². The standard InChI is InChI=1S/C6H8FNO2/c1-5(7)6(9)8-2-3-10-4-8/h1-4H2. The monoisotopic (exact) mass is 145 g/mol. The highest BCUT2D eigenvalue weighted by molar-refractivity contribution is 5.90. The maximum absolute atomic E-state index is 12.1. The first-order valence-electron chi connectivity index (χ1n) is 2.93. The molecule has 0 aromatic carbocycles. The van der Waals surface area contributed by atoms with Crippen molar-refractivity contribution < 1.29 is 13.9 Å². The fourth-order valence-electron chi connectivity index (χ4n) is 0.746. The molecule has 1 fully saturated rings. The molecule has 3 nitrogen and oxygen atoms in total. The summed E-state index contributed by atoms with van der Waals surface area (Å²) in [4.78, 5) is 12.0. The van der Waals surface area contributed by atoms with Gasteiger partial charge in [-0.1, -0.05) is 6.58 Å². The van der Waals surface area contributed by atoms with Gasteiger partial charge in [-0.2, -0.15) is 0 Å². The summed E-state index contributed by atoms with van der Waals surface area (Å²) < 4.78 is 16.9. The molecule has 4 heteroatoms. The van der Waals surface area contributed by atoms with Crippen LogP contribution >= 0.6 is 0 Å². The molecule has 0 aliphatic carbocycles. The van der Waals surface area contributed by atoms with Crippen LogP contribution in [0, 0.1) is 0 Å². The van der Waals surface area contributed by atoms with Gasteiger partial charge in [0, 0.05) is 6.54 Å². The molecule has 1 amide bonds. The molecule has 0 bridgehead atoms. The Morgan fingerprint density at radius 1 is 1.70 bits per heavy atom. The third-order valence-corrected chi connectivity index (χ3v) is 1.27. The van der Waals surface area contributed by atoms with Crippen LogP contribution in [-0.2, 0) is 9.53 Å². The van der Waals surface area contributed by atoms with Crippen molar-refractivity contribution in [3.05, 3.63) is 12.4 Å². The van der Waals surface area contributed by atoms with Gasteiger partial charge in [0.25, 0.3) is 5.91 Å². The smallest absolute Gasteiger partial charge is 0.283 e. The van der Waals surface area contributed by atoms with Gasteiger partial charge in [-0.3, -0.25) is 4.79 Å². The first kappa shape index (κ1) is 7.21. The Morgan fingerprint density at radius 3 is 2.80 bits per heavy atom. The molecular formula is C6H8FNO2. The minimum absolute atomic E-state index is 0.182. The second kappa shape index (κ2) is 2.79. The molecule has 1 heterocycles. The van der Waals surface area contributed by atoms with E-state index in [1.54, 1.807) is 0 Å². The van der Waals surface area contributed by atoms with E-state index in [1.807, 2.05) is 0 Å². The Hall–Kier alpha value is -0.900. The third kappa shape index (κ3) is 1.33. The highest BCUT2D eigenvalue weighted by Gasteiger charge is 2.20. The number of nitrogens with zero attached hydrogens (tertiary/aromatic N) is 1. The van der Waals surface area contributed by atoms with Crippen molar-refractivity contribution in [2.24, 2.45) is 0 Å². The minimum Gasteiger partial charge on any atom is -0.359 e. The van der Waals surface area contributed by atoms with Gasteiger partial charge in [0.15, 0.2) is 5.83 Å². The van der Waals surface area contributed by atoms with E-state index in [9.17, 15) is 9.18 Å². The van der Waals surface area contributed by atoms with E-state index in [0.29, 0.717) is 13.2 Å². The molecule has 0 aromatic heterocycles. The lowest BCUT2D eigenvalue weighted by Gasteiger charge is -2.09. The van der Waals surface area contributed by atoms with Crippen LogP contribution in [0.3, 0.4) is 0 Å². The summed E-state index contributed by atoms with van der Waals surface area (Å²) in [5.41, 5.74) is 0. The largest absolute Gasteiger partial charge is 0.359 e. The summed E-state index contributed by atoms with van der Waals surface area (Å²) >= 11 is 0. The number of rotatable bonds is 1. The molecule has 1 rings (SSSR count). The van der Waals surface area contributed by atoms with E-state index in [2.05, 4.69) is 6.58 Å². The summed E-state index contributed by atoms with van der Waals surface area (Å²) in [5.74, 6) is -1.59. The van der Waals surface area contributed by atoms with Crippen LogP contribution in [0.1, 0.15) is 0 Å². The molecule has 10 heavy (non-hydrogen) atoms. The minimum atomic E-state index is -0.925. The predicted molar refractivity (Wildman–Crippen MR) is 32.8 cm³/mol. The maximum atomic E-state index is 12.1. The van der Waals surface area contributed by atoms with E-state index in [-0.39, 0.29) is 6.73 Å². The van der Waals surface area contributed by atoms with E-state index < -0.39 is 11.7 Å². The molecule has 0 N–H and O–H groups in total. The highest BCUT2D eigenvalue weighted by Crippen LogP contribution is 2.04. The fraction of sp³-hybridized carbons (Fsp3) is 0.500. The summed E-state index contributed by atoms with van der Waals surface area (Å²) in [5, 5.41) is 0. The SMILES string of the molecule is C=C(F)C(=O)N1CCOC1. The quantitative estimate of drug-likeness (QED) is 0.496. The molecule has 0 aromatic rings. The van der Waals surface area contributed by atoms with Gasteiger partial charge in [0.2, 0.25) is 0 Å². The molecule has 0 atom stereocenters. The van der Waals surface area contributed by atoms with Crippen LogP contribution in [0.2, 0.25) is 0 Å².